The molecule has 1 fully saturated rings. The van der Waals surface area contributed by atoms with E-state index in [4.69, 9.17) is 11.6 Å². The van der Waals surface area contributed by atoms with E-state index >= 15 is 0 Å². The van der Waals surface area contributed by atoms with Crippen molar-refractivity contribution in [3.63, 3.8) is 0 Å². The average molecular weight is 437 g/mol. The van der Waals surface area contributed by atoms with Gasteiger partial charge in [0.25, 0.3) is 5.91 Å². The van der Waals surface area contributed by atoms with Gasteiger partial charge in [-0.2, -0.15) is 0 Å². The molecule has 1 aromatic heterocycles. The first-order valence-electron chi connectivity index (χ1n) is 10.9. The molecule has 0 saturated carbocycles. The normalized spacial score (nSPS) is 14.3. The monoisotopic (exact) mass is 436 g/mol. The maximum Gasteiger partial charge on any atom is 0.251 e. The fourth-order valence-corrected chi connectivity index (χ4v) is 4.08. The van der Waals surface area contributed by atoms with Gasteiger partial charge in [-0.3, -0.25) is 4.79 Å². The Morgan fingerprint density at radius 1 is 1.03 bits per heavy atom. The van der Waals surface area contributed by atoms with Crippen LogP contribution in [0.4, 0.5) is 11.5 Å². The number of nitrogens with one attached hydrogen (secondary N) is 1. The predicted molar refractivity (Wildman–Crippen MR) is 129 cm³/mol. The van der Waals surface area contributed by atoms with E-state index in [1.165, 1.54) is 5.69 Å². The van der Waals surface area contributed by atoms with E-state index < -0.39 is 0 Å². The van der Waals surface area contributed by atoms with Crippen molar-refractivity contribution in [2.24, 2.45) is 5.92 Å². The zero-order chi connectivity index (χ0) is 21.8. The highest BCUT2D eigenvalue weighted by Gasteiger charge is 2.20. The molecule has 1 N–H and O–H groups in total. The van der Waals surface area contributed by atoms with Crippen molar-refractivity contribution >= 4 is 39.8 Å². The second kappa shape index (κ2) is 9.56. The predicted octanol–water partition coefficient (Wildman–Crippen LogP) is 4.99. The molecule has 5 nitrogen and oxygen atoms in total. The molecule has 4 rings (SSSR count). The van der Waals surface area contributed by atoms with Crippen LogP contribution in [0.3, 0.4) is 0 Å². The van der Waals surface area contributed by atoms with Crippen LogP contribution in [0, 0.1) is 5.92 Å². The van der Waals surface area contributed by atoms with Gasteiger partial charge in [-0.15, -0.1) is 0 Å². The molecule has 162 valence electrons. The molecular formula is C25H29ClN4O. The van der Waals surface area contributed by atoms with Gasteiger partial charge in [0.05, 0.1) is 0 Å². The number of hydrogen-bond acceptors (Lipinski definition) is 4. The Morgan fingerprint density at radius 3 is 2.45 bits per heavy atom. The van der Waals surface area contributed by atoms with Crippen LogP contribution in [-0.2, 0) is 0 Å². The van der Waals surface area contributed by atoms with Gasteiger partial charge in [-0.1, -0.05) is 31.5 Å². The van der Waals surface area contributed by atoms with Crippen LogP contribution in [0.1, 0.15) is 30.6 Å². The first kappa shape index (κ1) is 21.4. The zero-order valence-electron chi connectivity index (χ0n) is 18.1. The van der Waals surface area contributed by atoms with Crippen molar-refractivity contribution in [1.29, 1.82) is 0 Å². The largest absolute Gasteiger partial charge is 0.368 e. The van der Waals surface area contributed by atoms with E-state index in [0.717, 1.165) is 54.2 Å². The number of fused-ring (bicyclic) bond motifs is 1. The van der Waals surface area contributed by atoms with E-state index in [2.05, 4.69) is 46.1 Å². The number of carbonyl (C=O) groups excluding carboxylic acids is 1. The lowest BCUT2D eigenvalue weighted by Gasteiger charge is -2.37. The van der Waals surface area contributed by atoms with Gasteiger partial charge in [0.15, 0.2) is 0 Å². The van der Waals surface area contributed by atoms with Crippen molar-refractivity contribution in [2.45, 2.75) is 20.3 Å². The molecule has 1 aliphatic rings. The molecule has 0 unspecified atom stereocenters. The first-order chi connectivity index (χ1) is 15.0. The highest BCUT2D eigenvalue weighted by molar-refractivity contribution is 6.30. The third-order valence-electron chi connectivity index (χ3n) is 5.79. The summed E-state index contributed by atoms with van der Waals surface area (Å²) in [5.74, 6) is 1.49. The summed E-state index contributed by atoms with van der Waals surface area (Å²) in [6.45, 7) is 8.59. The number of anilines is 2. The maximum absolute atomic E-state index is 12.6. The SMILES string of the molecule is CC(C)CCNC(=O)c1ccc2ccnc(N3CCN(c4ccc(Cl)cc4)CC3)c2c1. The van der Waals surface area contributed by atoms with E-state index in [-0.39, 0.29) is 5.91 Å². The number of piperazine rings is 1. The molecule has 1 amide bonds. The Balaban J connectivity index is 1.50. The van der Waals surface area contributed by atoms with Gasteiger partial charge < -0.3 is 15.1 Å². The van der Waals surface area contributed by atoms with Crippen LogP contribution in [0.5, 0.6) is 0 Å². The lowest BCUT2D eigenvalue weighted by Crippen LogP contribution is -2.46. The Kier molecular flexibility index (Phi) is 6.62. The summed E-state index contributed by atoms with van der Waals surface area (Å²) in [7, 11) is 0. The standard InChI is InChI=1S/C25H29ClN4O/c1-18(2)9-11-28-25(31)20-4-3-19-10-12-27-24(23(19)17-20)30-15-13-29(14-16-30)22-7-5-21(26)6-8-22/h3-8,10,12,17-18H,9,11,13-16H2,1-2H3,(H,28,31). The van der Waals surface area contributed by atoms with E-state index in [1.807, 2.05) is 42.6 Å². The number of hydrogen-bond donors (Lipinski definition) is 1. The molecule has 0 aliphatic carbocycles. The van der Waals surface area contributed by atoms with Crippen LogP contribution in [0.15, 0.2) is 54.7 Å². The fourth-order valence-electron chi connectivity index (χ4n) is 3.95. The molecule has 2 aromatic carbocycles. The Labute approximate surface area is 189 Å². The molecule has 3 aromatic rings. The minimum atomic E-state index is -0.0232. The lowest BCUT2D eigenvalue weighted by atomic mass is 10.1. The quantitative estimate of drug-likeness (QED) is 0.591. The summed E-state index contributed by atoms with van der Waals surface area (Å²) in [6.07, 6.45) is 2.83. The molecule has 0 radical (unpaired) electrons. The Hall–Kier alpha value is -2.79. The minimum absolute atomic E-state index is 0.0232. The summed E-state index contributed by atoms with van der Waals surface area (Å²) >= 11 is 6.02. The lowest BCUT2D eigenvalue weighted by molar-refractivity contribution is 0.0952. The molecule has 1 saturated heterocycles. The summed E-state index contributed by atoms with van der Waals surface area (Å²) in [5, 5.41) is 5.92. The topological polar surface area (TPSA) is 48.5 Å². The summed E-state index contributed by atoms with van der Waals surface area (Å²) in [6, 6.07) is 15.9. The number of halogens is 1. The third kappa shape index (κ3) is 5.10. The van der Waals surface area contributed by atoms with E-state index in [0.29, 0.717) is 18.0 Å². The maximum atomic E-state index is 12.6. The molecule has 6 heteroatoms. The van der Waals surface area contributed by atoms with Gasteiger partial charge in [0, 0.05) is 60.6 Å². The van der Waals surface area contributed by atoms with Crippen LogP contribution < -0.4 is 15.1 Å². The summed E-state index contributed by atoms with van der Waals surface area (Å²) in [5.41, 5.74) is 1.88. The number of aromatic nitrogens is 1. The average Bonchev–Trinajstić information content (AvgIpc) is 2.78. The molecule has 2 heterocycles. The van der Waals surface area contributed by atoms with Gasteiger partial charge in [-0.25, -0.2) is 4.98 Å². The van der Waals surface area contributed by atoms with Crippen LogP contribution in [-0.4, -0.2) is 43.6 Å². The number of rotatable bonds is 6. The van der Waals surface area contributed by atoms with E-state index in [1.54, 1.807) is 0 Å². The smallest absolute Gasteiger partial charge is 0.251 e. The molecule has 0 atom stereocenters. The van der Waals surface area contributed by atoms with Crippen molar-refractivity contribution in [1.82, 2.24) is 10.3 Å². The van der Waals surface area contributed by atoms with Crippen molar-refractivity contribution in [3.8, 4) is 0 Å². The highest BCUT2D eigenvalue weighted by atomic mass is 35.5. The third-order valence-corrected chi connectivity index (χ3v) is 6.04. The number of benzene rings is 2. The van der Waals surface area contributed by atoms with Crippen LogP contribution in [0.2, 0.25) is 5.02 Å². The molecule has 0 bridgehead atoms. The van der Waals surface area contributed by atoms with Gasteiger partial charge >= 0.3 is 0 Å². The van der Waals surface area contributed by atoms with Crippen molar-refractivity contribution in [2.75, 3.05) is 42.5 Å². The van der Waals surface area contributed by atoms with Gasteiger partial charge in [0.1, 0.15) is 5.82 Å². The van der Waals surface area contributed by atoms with Crippen molar-refractivity contribution in [3.05, 3.63) is 65.3 Å². The molecular weight excluding hydrogens is 408 g/mol. The number of carbonyl (C=O) groups is 1. The van der Waals surface area contributed by atoms with Crippen LogP contribution >= 0.6 is 11.6 Å². The number of nitrogens with zero attached hydrogens (tertiary/aromatic N) is 3. The zero-order valence-corrected chi connectivity index (χ0v) is 18.9. The van der Waals surface area contributed by atoms with Gasteiger partial charge in [-0.05, 0) is 60.2 Å². The van der Waals surface area contributed by atoms with Gasteiger partial charge in [0.2, 0.25) is 0 Å². The molecule has 1 aliphatic heterocycles. The Morgan fingerprint density at radius 2 is 1.74 bits per heavy atom. The summed E-state index contributed by atoms with van der Waals surface area (Å²) < 4.78 is 0. The van der Waals surface area contributed by atoms with E-state index in [9.17, 15) is 4.79 Å². The highest BCUT2D eigenvalue weighted by Crippen LogP contribution is 2.28. The van der Waals surface area contributed by atoms with Crippen LogP contribution in [0.25, 0.3) is 10.8 Å². The first-order valence-corrected chi connectivity index (χ1v) is 11.3. The molecule has 31 heavy (non-hydrogen) atoms. The second-order valence-electron chi connectivity index (χ2n) is 8.46. The minimum Gasteiger partial charge on any atom is -0.368 e. The fraction of sp³-hybridized carbons (Fsp3) is 0.360. The van der Waals surface area contributed by atoms with Crippen molar-refractivity contribution < 1.29 is 4.79 Å². The number of amides is 1. The summed E-state index contributed by atoms with van der Waals surface area (Å²) in [4.78, 5) is 22.0. The number of pyridine rings is 1. The second-order valence-corrected chi connectivity index (χ2v) is 8.90. The Bertz CT molecular complexity index is 1040. The molecule has 0 spiro atoms.